The summed E-state index contributed by atoms with van der Waals surface area (Å²) in [6, 6.07) is 0. The van der Waals surface area contributed by atoms with E-state index in [1.165, 1.54) is 0 Å². The van der Waals surface area contributed by atoms with Crippen LogP contribution >= 0.6 is 12.4 Å². The normalized spacial score (nSPS) is 17.7. The molecule has 1 saturated heterocycles. The molecule has 0 saturated carbocycles. The second-order valence-electron chi connectivity index (χ2n) is 3.96. The summed E-state index contributed by atoms with van der Waals surface area (Å²) in [7, 11) is 0. The molecule has 4 heteroatoms. The van der Waals surface area contributed by atoms with Crippen LogP contribution in [0.4, 0.5) is 0 Å². The van der Waals surface area contributed by atoms with Crippen LogP contribution in [0.15, 0.2) is 0 Å². The number of hydrogen-bond acceptors (Lipinski definition) is 2. The van der Waals surface area contributed by atoms with E-state index >= 15 is 0 Å². The van der Waals surface area contributed by atoms with Crippen LogP contribution in [0.1, 0.15) is 32.6 Å². The van der Waals surface area contributed by atoms with Crippen LogP contribution in [0.3, 0.4) is 0 Å². The summed E-state index contributed by atoms with van der Waals surface area (Å²) in [6.45, 7) is 4.77. The molecule has 0 spiro atoms. The summed E-state index contributed by atoms with van der Waals surface area (Å²) in [4.78, 5) is 13.5. The van der Waals surface area contributed by atoms with E-state index < -0.39 is 0 Å². The Hall–Kier alpha value is -0.280. The van der Waals surface area contributed by atoms with E-state index in [4.69, 9.17) is 5.73 Å². The molecule has 0 radical (unpaired) electrons. The van der Waals surface area contributed by atoms with Gasteiger partial charge in [-0.25, -0.2) is 0 Å². The van der Waals surface area contributed by atoms with Crippen molar-refractivity contribution < 1.29 is 4.79 Å². The molecule has 0 bridgehead atoms. The number of likely N-dealkylation sites (tertiary alicyclic amines) is 1. The molecule has 2 N–H and O–H groups in total. The van der Waals surface area contributed by atoms with Gasteiger partial charge in [0.25, 0.3) is 0 Å². The van der Waals surface area contributed by atoms with E-state index in [0.717, 1.165) is 38.3 Å². The Bertz CT molecular complexity index is 168. The highest BCUT2D eigenvalue weighted by atomic mass is 35.5. The minimum absolute atomic E-state index is 0. The zero-order valence-electron chi connectivity index (χ0n) is 8.87. The summed E-state index contributed by atoms with van der Waals surface area (Å²) < 4.78 is 0. The Morgan fingerprint density at radius 2 is 2.00 bits per heavy atom. The lowest BCUT2D eigenvalue weighted by Crippen LogP contribution is -2.37. The number of carbonyl (C=O) groups is 1. The van der Waals surface area contributed by atoms with Crippen molar-refractivity contribution >= 4 is 18.3 Å². The Morgan fingerprint density at radius 3 is 2.50 bits per heavy atom. The zero-order chi connectivity index (χ0) is 9.68. The molecular formula is C10H21ClN2O. The molecule has 14 heavy (non-hydrogen) atoms. The predicted octanol–water partition coefficient (Wildman–Crippen LogP) is 1.41. The standard InChI is InChI=1S/C10H20N2O.ClH/c1-9-4-7-12(8-5-9)10(13)3-2-6-11;/h9H,2-8,11H2,1H3;1H. The molecule has 0 aromatic heterocycles. The molecule has 84 valence electrons. The number of hydrogen-bond donors (Lipinski definition) is 1. The van der Waals surface area contributed by atoms with E-state index in [1.54, 1.807) is 0 Å². The molecule has 1 amide bonds. The molecule has 0 atom stereocenters. The summed E-state index contributed by atoms with van der Waals surface area (Å²) in [5.41, 5.74) is 5.36. The Morgan fingerprint density at radius 1 is 1.43 bits per heavy atom. The Labute approximate surface area is 92.4 Å². The smallest absolute Gasteiger partial charge is 0.222 e. The number of amides is 1. The van der Waals surface area contributed by atoms with Gasteiger partial charge in [0.2, 0.25) is 5.91 Å². The summed E-state index contributed by atoms with van der Waals surface area (Å²) in [6.07, 6.45) is 3.78. The highest BCUT2D eigenvalue weighted by Gasteiger charge is 2.19. The van der Waals surface area contributed by atoms with Gasteiger partial charge in [-0.05, 0) is 31.7 Å². The minimum atomic E-state index is 0. The summed E-state index contributed by atoms with van der Waals surface area (Å²) >= 11 is 0. The second-order valence-corrected chi connectivity index (χ2v) is 3.96. The largest absolute Gasteiger partial charge is 0.343 e. The van der Waals surface area contributed by atoms with Crippen molar-refractivity contribution in [3.05, 3.63) is 0 Å². The molecule has 0 aromatic carbocycles. The van der Waals surface area contributed by atoms with Gasteiger partial charge in [-0.1, -0.05) is 6.92 Å². The minimum Gasteiger partial charge on any atom is -0.343 e. The van der Waals surface area contributed by atoms with Crippen LogP contribution in [0, 0.1) is 5.92 Å². The van der Waals surface area contributed by atoms with Crippen molar-refractivity contribution in [3.63, 3.8) is 0 Å². The van der Waals surface area contributed by atoms with Gasteiger partial charge < -0.3 is 10.6 Å². The van der Waals surface area contributed by atoms with E-state index in [-0.39, 0.29) is 18.3 Å². The third-order valence-corrected chi connectivity index (χ3v) is 2.73. The first kappa shape index (κ1) is 13.7. The lowest BCUT2D eigenvalue weighted by atomic mass is 9.99. The Kier molecular flexibility index (Phi) is 6.93. The van der Waals surface area contributed by atoms with Crippen LogP contribution in [0.2, 0.25) is 0 Å². The maximum Gasteiger partial charge on any atom is 0.222 e. The maximum absolute atomic E-state index is 11.5. The van der Waals surface area contributed by atoms with Crippen molar-refractivity contribution in [2.24, 2.45) is 11.7 Å². The average Bonchev–Trinajstić information content (AvgIpc) is 2.15. The second kappa shape index (κ2) is 7.07. The van der Waals surface area contributed by atoms with Crippen LogP contribution in [-0.4, -0.2) is 30.4 Å². The molecular weight excluding hydrogens is 200 g/mol. The van der Waals surface area contributed by atoms with Gasteiger partial charge in [0, 0.05) is 19.5 Å². The number of rotatable bonds is 3. The van der Waals surface area contributed by atoms with Gasteiger partial charge in [-0.15, -0.1) is 12.4 Å². The Balaban J connectivity index is 0.00000169. The van der Waals surface area contributed by atoms with E-state index in [0.29, 0.717) is 13.0 Å². The highest BCUT2D eigenvalue weighted by Crippen LogP contribution is 2.16. The van der Waals surface area contributed by atoms with Gasteiger partial charge in [0.05, 0.1) is 0 Å². The van der Waals surface area contributed by atoms with Crippen molar-refractivity contribution in [1.29, 1.82) is 0 Å². The van der Waals surface area contributed by atoms with Crippen LogP contribution in [-0.2, 0) is 4.79 Å². The molecule has 0 aliphatic carbocycles. The molecule has 0 aromatic rings. The topological polar surface area (TPSA) is 46.3 Å². The maximum atomic E-state index is 11.5. The molecule has 0 unspecified atom stereocenters. The first-order chi connectivity index (χ1) is 6.24. The first-order valence-corrected chi connectivity index (χ1v) is 5.22. The molecule has 3 nitrogen and oxygen atoms in total. The molecule has 1 heterocycles. The van der Waals surface area contributed by atoms with E-state index in [1.807, 2.05) is 4.90 Å². The first-order valence-electron chi connectivity index (χ1n) is 5.22. The van der Waals surface area contributed by atoms with Crippen molar-refractivity contribution in [1.82, 2.24) is 4.90 Å². The molecule has 1 aliphatic rings. The lowest BCUT2D eigenvalue weighted by Gasteiger charge is -2.30. The third-order valence-electron chi connectivity index (χ3n) is 2.73. The third kappa shape index (κ3) is 4.29. The van der Waals surface area contributed by atoms with Gasteiger partial charge in [-0.3, -0.25) is 4.79 Å². The number of carbonyl (C=O) groups excluding carboxylic acids is 1. The number of piperidine rings is 1. The monoisotopic (exact) mass is 220 g/mol. The fourth-order valence-electron chi connectivity index (χ4n) is 1.67. The summed E-state index contributed by atoms with van der Waals surface area (Å²) in [5.74, 6) is 1.08. The molecule has 1 fully saturated rings. The number of nitrogens with two attached hydrogens (primary N) is 1. The quantitative estimate of drug-likeness (QED) is 0.782. The number of halogens is 1. The van der Waals surface area contributed by atoms with Crippen molar-refractivity contribution in [3.8, 4) is 0 Å². The summed E-state index contributed by atoms with van der Waals surface area (Å²) in [5, 5.41) is 0. The van der Waals surface area contributed by atoms with Gasteiger partial charge in [-0.2, -0.15) is 0 Å². The van der Waals surface area contributed by atoms with Gasteiger partial charge in [0.15, 0.2) is 0 Å². The van der Waals surface area contributed by atoms with Crippen LogP contribution in [0.25, 0.3) is 0 Å². The van der Waals surface area contributed by atoms with E-state index in [9.17, 15) is 4.79 Å². The lowest BCUT2D eigenvalue weighted by molar-refractivity contribution is -0.132. The van der Waals surface area contributed by atoms with Crippen LogP contribution < -0.4 is 5.73 Å². The SMILES string of the molecule is CC1CCN(C(=O)CCCN)CC1.Cl. The number of nitrogens with zero attached hydrogens (tertiary/aromatic N) is 1. The highest BCUT2D eigenvalue weighted by molar-refractivity contribution is 5.85. The fourth-order valence-corrected chi connectivity index (χ4v) is 1.67. The van der Waals surface area contributed by atoms with Gasteiger partial charge in [0.1, 0.15) is 0 Å². The molecule has 1 aliphatic heterocycles. The zero-order valence-corrected chi connectivity index (χ0v) is 9.68. The molecule has 1 rings (SSSR count). The van der Waals surface area contributed by atoms with Crippen molar-refractivity contribution in [2.45, 2.75) is 32.6 Å². The van der Waals surface area contributed by atoms with Gasteiger partial charge >= 0.3 is 0 Å². The van der Waals surface area contributed by atoms with Crippen molar-refractivity contribution in [2.75, 3.05) is 19.6 Å². The van der Waals surface area contributed by atoms with E-state index in [2.05, 4.69) is 6.92 Å². The fraction of sp³-hybridized carbons (Fsp3) is 0.900. The van der Waals surface area contributed by atoms with Crippen LogP contribution in [0.5, 0.6) is 0 Å². The predicted molar refractivity (Wildman–Crippen MR) is 60.5 cm³/mol. The average molecular weight is 221 g/mol.